The Morgan fingerprint density at radius 2 is 1.91 bits per heavy atom. The highest BCUT2D eigenvalue weighted by atomic mass is 16.1. The van der Waals surface area contributed by atoms with E-state index in [1.165, 1.54) is 5.56 Å². The van der Waals surface area contributed by atoms with Gasteiger partial charge in [0.25, 0.3) is 5.91 Å². The molecule has 118 valence electrons. The molecule has 0 spiro atoms. The van der Waals surface area contributed by atoms with Crippen LogP contribution in [0.25, 0.3) is 10.9 Å². The Hall–Kier alpha value is -2.55. The average Bonchev–Trinajstić information content (AvgIpc) is 2.94. The van der Waals surface area contributed by atoms with Crippen molar-refractivity contribution in [1.82, 2.24) is 9.88 Å². The summed E-state index contributed by atoms with van der Waals surface area (Å²) in [6.07, 6.45) is 2.96. The number of carbonyl (C=O) groups excluding carboxylic acids is 1. The minimum atomic E-state index is -0.0396. The van der Waals surface area contributed by atoms with Crippen LogP contribution in [0.4, 0.5) is 0 Å². The van der Waals surface area contributed by atoms with Crippen LogP contribution in [0.5, 0.6) is 0 Å². The molecule has 23 heavy (non-hydrogen) atoms. The van der Waals surface area contributed by atoms with Crippen molar-refractivity contribution in [2.24, 2.45) is 0 Å². The molecule has 3 nitrogen and oxygen atoms in total. The largest absolute Gasteiger partial charge is 0.355 e. The van der Waals surface area contributed by atoms with Gasteiger partial charge in [0.15, 0.2) is 0 Å². The summed E-state index contributed by atoms with van der Waals surface area (Å²) in [5.41, 5.74) is 4.26. The molecule has 0 aliphatic carbocycles. The van der Waals surface area contributed by atoms with E-state index in [0.29, 0.717) is 0 Å². The number of hydrogen-bond acceptors (Lipinski definition) is 1. The second kappa shape index (κ2) is 6.29. The van der Waals surface area contributed by atoms with E-state index in [1.807, 2.05) is 12.3 Å². The second-order valence-electron chi connectivity index (χ2n) is 5.88. The molecule has 3 rings (SSSR count). The zero-order valence-corrected chi connectivity index (χ0v) is 13.8. The van der Waals surface area contributed by atoms with Gasteiger partial charge in [-0.15, -0.1) is 0 Å². The molecule has 3 aromatic rings. The van der Waals surface area contributed by atoms with E-state index in [1.54, 1.807) is 7.05 Å². The van der Waals surface area contributed by atoms with E-state index in [-0.39, 0.29) is 11.9 Å². The summed E-state index contributed by atoms with van der Waals surface area (Å²) >= 11 is 0. The zero-order chi connectivity index (χ0) is 16.4. The molecular formula is C20H22N2O. The van der Waals surface area contributed by atoms with Crippen molar-refractivity contribution in [2.75, 3.05) is 7.05 Å². The zero-order valence-electron chi connectivity index (χ0n) is 13.8. The highest BCUT2D eigenvalue weighted by Gasteiger charge is 2.19. The highest BCUT2D eigenvalue weighted by molar-refractivity contribution is 6.07. The summed E-state index contributed by atoms with van der Waals surface area (Å²) in [5.74, 6) is -0.0396. The minimum Gasteiger partial charge on any atom is -0.355 e. The summed E-state index contributed by atoms with van der Waals surface area (Å²) in [6.45, 7) is 4.23. The molecule has 0 aliphatic heterocycles. The number of benzene rings is 2. The second-order valence-corrected chi connectivity index (χ2v) is 5.88. The maximum atomic E-state index is 12.3. The topological polar surface area (TPSA) is 34.0 Å². The number of fused-ring (bicyclic) bond motifs is 1. The van der Waals surface area contributed by atoms with Crippen molar-refractivity contribution in [1.29, 1.82) is 0 Å². The SMILES string of the molecule is CCC(c1ccccc1)n1cc(C(=O)NC)c2cc(C)ccc21. The third-order valence-corrected chi connectivity index (χ3v) is 4.37. The van der Waals surface area contributed by atoms with Crippen LogP contribution in [0.2, 0.25) is 0 Å². The summed E-state index contributed by atoms with van der Waals surface area (Å²) in [5, 5.41) is 3.76. The maximum Gasteiger partial charge on any atom is 0.253 e. The molecule has 0 saturated carbocycles. The van der Waals surface area contributed by atoms with Gasteiger partial charge in [-0.3, -0.25) is 4.79 Å². The van der Waals surface area contributed by atoms with Gasteiger partial charge in [0.1, 0.15) is 0 Å². The van der Waals surface area contributed by atoms with Crippen LogP contribution in [0, 0.1) is 6.92 Å². The Balaban J connectivity index is 2.23. The van der Waals surface area contributed by atoms with Crippen LogP contribution in [0.3, 0.4) is 0 Å². The summed E-state index contributed by atoms with van der Waals surface area (Å²) in [7, 11) is 1.68. The molecule has 3 heteroatoms. The van der Waals surface area contributed by atoms with Crippen LogP contribution in [0.1, 0.15) is 40.9 Å². The van der Waals surface area contributed by atoms with Gasteiger partial charge >= 0.3 is 0 Å². The molecule has 1 amide bonds. The summed E-state index contributed by atoms with van der Waals surface area (Å²) in [4.78, 5) is 12.3. The highest BCUT2D eigenvalue weighted by Crippen LogP contribution is 2.30. The number of aromatic nitrogens is 1. The van der Waals surface area contributed by atoms with Crippen LogP contribution in [-0.2, 0) is 0 Å². The van der Waals surface area contributed by atoms with Crippen LogP contribution in [0.15, 0.2) is 54.7 Å². The Morgan fingerprint density at radius 1 is 1.17 bits per heavy atom. The molecule has 1 atom stereocenters. The van der Waals surface area contributed by atoms with E-state index in [0.717, 1.165) is 28.5 Å². The van der Waals surface area contributed by atoms with E-state index < -0.39 is 0 Å². The van der Waals surface area contributed by atoms with Crippen molar-refractivity contribution in [3.05, 3.63) is 71.4 Å². The lowest BCUT2D eigenvalue weighted by Crippen LogP contribution is -2.17. The lowest BCUT2D eigenvalue weighted by molar-refractivity contribution is 0.0964. The van der Waals surface area contributed by atoms with Crippen molar-refractivity contribution < 1.29 is 4.79 Å². The maximum absolute atomic E-state index is 12.3. The van der Waals surface area contributed by atoms with Crippen molar-refractivity contribution >= 4 is 16.8 Å². The lowest BCUT2D eigenvalue weighted by atomic mass is 10.0. The number of hydrogen-bond donors (Lipinski definition) is 1. The quantitative estimate of drug-likeness (QED) is 0.765. The van der Waals surface area contributed by atoms with Crippen molar-refractivity contribution in [3.63, 3.8) is 0 Å². The van der Waals surface area contributed by atoms with Gasteiger partial charge in [0.2, 0.25) is 0 Å². The molecule has 0 radical (unpaired) electrons. The Labute approximate surface area is 136 Å². The molecule has 0 bridgehead atoms. The van der Waals surface area contributed by atoms with Crippen LogP contribution < -0.4 is 5.32 Å². The molecule has 1 unspecified atom stereocenters. The number of rotatable bonds is 4. The first-order chi connectivity index (χ1) is 11.2. The Bertz CT molecular complexity index is 833. The Morgan fingerprint density at radius 3 is 2.57 bits per heavy atom. The average molecular weight is 306 g/mol. The first-order valence-corrected chi connectivity index (χ1v) is 8.04. The Kier molecular flexibility index (Phi) is 4.20. The number of carbonyl (C=O) groups is 1. The van der Waals surface area contributed by atoms with Gasteiger partial charge in [-0.05, 0) is 31.0 Å². The van der Waals surface area contributed by atoms with Gasteiger partial charge in [0.05, 0.1) is 11.6 Å². The third kappa shape index (κ3) is 2.74. The van der Waals surface area contributed by atoms with Crippen molar-refractivity contribution in [3.8, 4) is 0 Å². The molecular weight excluding hydrogens is 284 g/mol. The van der Waals surface area contributed by atoms with Crippen LogP contribution in [-0.4, -0.2) is 17.5 Å². The molecule has 0 aliphatic rings. The smallest absolute Gasteiger partial charge is 0.253 e. The van der Waals surface area contributed by atoms with Gasteiger partial charge < -0.3 is 9.88 Å². The monoisotopic (exact) mass is 306 g/mol. The minimum absolute atomic E-state index is 0.0396. The number of nitrogens with one attached hydrogen (secondary N) is 1. The number of nitrogens with zero attached hydrogens (tertiary/aromatic N) is 1. The normalized spacial score (nSPS) is 12.3. The van der Waals surface area contributed by atoms with Gasteiger partial charge in [-0.25, -0.2) is 0 Å². The molecule has 1 N–H and O–H groups in total. The van der Waals surface area contributed by atoms with Gasteiger partial charge in [-0.1, -0.05) is 48.9 Å². The van der Waals surface area contributed by atoms with E-state index >= 15 is 0 Å². The predicted molar refractivity (Wildman–Crippen MR) is 94.9 cm³/mol. The number of aryl methyl sites for hydroxylation is 1. The molecule has 0 saturated heterocycles. The van der Waals surface area contributed by atoms with E-state index in [2.05, 4.69) is 66.2 Å². The van der Waals surface area contributed by atoms with Crippen LogP contribution >= 0.6 is 0 Å². The van der Waals surface area contributed by atoms with Gasteiger partial charge in [0, 0.05) is 24.1 Å². The van der Waals surface area contributed by atoms with E-state index in [9.17, 15) is 4.79 Å². The standard InChI is InChI=1S/C20H22N2O/c1-4-18(15-8-6-5-7-9-15)22-13-17(20(23)21-3)16-12-14(2)10-11-19(16)22/h5-13,18H,4H2,1-3H3,(H,21,23). The number of amides is 1. The first-order valence-electron chi connectivity index (χ1n) is 8.04. The van der Waals surface area contributed by atoms with Crippen molar-refractivity contribution in [2.45, 2.75) is 26.3 Å². The fourth-order valence-electron chi connectivity index (χ4n) is 3.21. The fraction of sp³-hybridized carbons (Fsp3) is 0.250. The fourth-order valence-corrected chi connectivity index (χ4v) is 3.21. The molecule has 1 aromatic heterocycles. The first kappa shape index (κ1) is 15.3. The lowest BCUT2D eigenvalue weighted by Gasteiger charge is -2.19. The van der Waals surface area contributed by atoms with E-state index in [4.69, 9.17) is 0 Å². The van der Waals surface area contributed by atoms with Gasteiger partial charge in [-0.2, -0.15) is 0 Å². The molecule has 1 heterocycles. The predicted octanol–water partition coefficient (Wildman–Crippen LogP) is 4.31. The summed E-state index contributed by atoms with van der Waals surface area (Å²) < 4.78 is 2.23. The molecule has 0 fully saturated rings. The third-order valence-electron chi connectivity index (χ3n) is 4.37. The summed E-state index contributed by atoms with van der Waals surface area (Å²) in [6, 6.07) is 17.0. The molecule has 2 aromatic carbocycles.